The first-order valence-electron chi connectivity index (χ1n) is 7.74. The van der Waals surface area contributed by atoms with Gasteiger partial charge in [-0.25, -0.2) is 4.79 Å². The second-order valence-corrected chi connectivity index (χ2v) is 5.68. The van der Waals surface area contributed by atoms with E-state index in [1.807, 2.05) is 0 Å². The van der Waals surface area contributed by atoms with E-state index in [4.69, 9.17) is 4.74 Å². The second kappa shape index (κ2) is 8.21. The summed E-state index contributed by atoms with van der Waals surface area (Å²) in [7, 11) is 0. The highest BCUT2D eigenvalue weighted by molar-refractivity contribution is 5.95. The number of amides is 1. The molecule has 0 saturated heterocycles. The molecule has 0 bridgehead atoms. The number of nitrogens with zero attached hydrogens (tertiary/aromatic N) is 1. The highest BCUT2D eigenvalue weighted by atomic mass is 16.6. The van der Waals surface area contributed by atoms with Crippen molar-refractivity contribution in [2.75, 3.05) is 11.9 Å². The number of esters is 1. The number of benzene rings is 2. The molecule has 2 aromatic carbocycles. The summed E-state index contributed by atoms with van der Waals surface area (Å²) in [6.07, 6.45) is -1.51. The van der Waals surface area contributed by atoms with Crippen LogP contribution >= 0.6 is 0 Å². The molecular formula is C18H18N2O6. The molecule has 2 N–H and O–H groups in total. The number of nitro groups is 1. The van der Waals surface area contributed by atoms with Crippen LogP contribution in [0.4, 0.5) is 11.4 Å². The lowest BCUT2D eigenvalue weighted by Crippen LogP contribution is -2.24. The monoisotopic (exact) mass is 358 g/mol. The van der Waals surface area contributed by atoms with Gasteiger partial charge in [0.05, 0.1) is 4.92 Å². The highest BCUT2D eigenvalue weighted by Gasteiger charge is 2.21. The Balaban J connectivity index is 2.00. The number of nitrogens with one attached hydrogen (secondary N) is 1. The van der Waals surface area contributed by atoms with Crippen molar-refractivity contribution >= 4 is 23.3 Å². The van der Waals surface area contributed by atoms with Gasteiger partial charge in [-0.05, 0) is 36.6 Å². The van der Waals surface area contributed by atoms with E-state index in [2.05, 4.69) is 5.32 Å². The van der Waals surface area contributed by atoms with Gasteiger partial charge in [0, 0.05) is 6.07 Å². The number of hydrogen-bond donors (Lipinski definition) is 2. The Labute approximate surface area is 149 Å². The number of carbonyl (C=O) groups excluding carboxylic acids is 2. The van der Waals surface area contributed by atoms with E-state index < -0.39 is 29.5 Å². The lowest BCUT2D eigenvalue weighted by Gasteiger charge is -2.12. The maximum Gasteiger partial charge on any atom is 0.340 e. The van der Waals surface area contributed by atoms with Crippen LogP contribution in [-0.4, -0.2) is 28.5 Å². The quantitative estimate of drug-likeness (QED) is 0.465. The Morgan fingerprint density at radius 1 is 1.19 bits per heavy atom. The molecule has 2 rings (SSSR count). The predicted molar refractivity (Wildman–Crippen MR) is 93.6 cm³/mol. The lowest BCUT2D eigenvalue weighted by molar-refractivity contribution is -0.384. The maximum absolute atomic E-state index is 12.0. The second-order valence-electron chi connectivity index (χ2n) is 5.68. The summed E-state index contributed by atoms with van der Waals surface area (Å²) < 4.78 is 4.78. The standard InChI is InChI=1S/C18H18N2O6/c1-11-8-14(15(20(24)25)9-12(11)2)19-16(21)10-26-18(23)17(22)13-6-4-3-5-7-13/h3-9,17,22H,10H2,1-2H3,(H,19,21)/t17-/m0/s1. The number of carbonyl (C=O) groups is 2. The summed E-state index contributed by atoms with van der Waals surface area (Å²) in [4.78, 5) is 34.3. The van der Waals surface area contributed by atoms with E-state index in [1.54, 1.807) is 44.2 Å². The van der Waals surface area contributed by atoms with Crippen molar-refractivity contribution in [3.8, 4) is 0 Å². The lowest BCUT2D eigenvalue weighted by atomic mass is 10.1. The first kappa shape index (κ1) is 19.1. The van der Waals surface area contributed by atoms with Gasteiger partial charge in [-0.3, -0.25) is 14.9 Å². The number of ether oxygens (including phenoxy) is 1. The molecule has 0 aliphatic carbocycles. The topological polar surface area (TPSA) is 119 Å². The molecule has 1 atom stereocenters. The summed E-state index contributed by atoms with van der Waals surface area (Å²) in [5.74, 6) is -1.73. The third kappa shape index (κ3) is 4.64. The number of hydrogen-bond acceptors (Lipinski definition) is 6. The Morgan fingerprint density at radius 2 is 1.81 bits per heavy atom. The van der Waals surface area contributed by atoms with Crippen LogP contribution in [0.3, 0.4) is 0 Å². The summed E-state index contributed by atoms with van der Waals surface area (Å²) in [6.45, 7) is 2.80. The Bertz CT molecular complexity index is 835. The normalized spacial score (nSPS) is 11.5. The van der Waals surface area contributed by atoms with Gasteiger partial charge in [-0.2, -0.15) is 0 Å². The van der Waals surface area contributed by atoms with Crippen LogP contribution in [0.1, 0.15) is 22.8 Å². The van der Waals surface area contributed by atoms with Gasteiger partial charge in [0.2, 0.25) is 0 Å². The molecule has 0 aromatic heterocycles. The fourth-order valence-corrected chi connectivity index (χ4v) is 2.23. The Hall–Kier alpha value is -3.26. The minimum absolute atomic E-state index is 0.0164. The number of aliphatic hydroxyl groups is 1. The van der Waals surface area contributed by atoms with Crippen LogP contribution in [0, 0.1) is 24.0 Å². The zero-order valence-electron chi connectivity index (χ0n) is 14.3. The molecule has 26 heavy (non-hydrogen) atoms. The van der Waals surface area contributed by atoms with E-state index in [0.29, 0.717) is 11.1 Å². The molecule has 0 saturated carbocycles. The summed E-state index contributed by atoms with van der Waals surface area (Å²) in [5, 5.41) is 23.3. The van der Waals surface area contributed by atoms with Gasteiger partial charge in [0.1, 0.15) is 5.69 Å². The molecule has 0 spiro atoms. The summed E-state index contributed by atoms with van der Waals surface area (Å²) in [5.41, 5.74) is 1.58. The van der Waals surface area contributed by atoms with E-state index >= 15 is 0 Å². The number of aliphatic hydroxyl groups excluding tert-OH is 1. The van der Waals surface area contributed by atoms with Crippen molar-refractivity contribution in [2.45, 2.75) is 20.0 Å². The minimum Gasteiger partial charge on any atom is -0.453 e. The summed E-state index contributed by atoms with van der Waals surface area (Å²) >= 11 is 0. The number of aryl methyl sites for hydroxylation is 2. The van der Waals surface area contributed by atoms with Gasteiger partial charge in [-0.15, -0.1) is 0 Å². The molecule has 0 aliphatic heterocycles. The average molecular weight is 358 g/mol. The zero-order chi connectivity index (χ0) is 19.3. The molecule has 8 nitrogen and oxygen atoms in total. The maximum atomic E-state index is 12.0. The molecule has 0 heterocycles. The third-order valence-electron chi connectivity index (χ3n) is 3.77. The van der Waals surface area contributed by atoms with Gasteiger partial charge >= 0.3 is 5.97 Å². The van der Waals surface area contributed by atoms with Crippen LogP contribution in [0.25, 0.3) is 0 Å². The number of nitro benzene ring substituents is 1. The Kier molecular flexibility index (Phi) is 6.03. The smallest absolute Gasteiger partial charge is 0.340 e. The molecule has 0 unspecified atom stereocenters. The van der Waals surface area contributed by atoms with Crippen LogP contribution in [0.5, 0.6) is 0 Å². The van der Waals surface area contributed by atoms with E-state index in [0.717, 1.165) is 5.56 Å². The fourth-order valence-electron chi connectivity index (χ4n) is 2.23. The van der Waals surface area contributed by atoms with Gasteiger partial charge in [0.25, 0.3) is 11.6 Å². The van der Waals surface area contributed by atoms with Crippen LogP contribution in [-0.2, 0) is 14.3 Å². The van der Waals surface area contributed by atoms with Crippen molar-refractivity contribution in [2.24, 2.45) is 0 Å². The molecule has 8 heteroatoms. The van der Waals surface area contributed by atoms with Crippen molar-refractivity contribution in [3.63, 3.8) is 0 Å². The molecule has 1 amide bonds. The Morgan fingerprint density at radius 3 is 2.42 bits per heavy atom. The number of rotatable bonds is 6. The van der Waals surface area contributed by atoms with Crippen LogP contribution in [0.15, 0.2) is 42.5 Å². The molecular weight excluding hydrogens is 340 g/mol. The van der Waals surface area contributed by atoms with Crippen molar-refractivity contribution < 1.29 is 24.4 Å². The molecule has 2 aromatic rings. The van der Waals surface area contributed by atoms with Crippen molar-refractivity contribution in [1.29, 1.82) is 0 Å². The van der Waals surface area contributed by atoms with Crippen molar-refractivity contribution in [1.82, 2.24) is 0 Å². The molecule has 0 radical (unpaired) electrons. The highest BCUT2D eigenvalue weighted by Crippen LogP contribution is 2.27. The van der Waals surface area contributed by atoms with Gasteiger partial charge in [0.15, 0.2) is 12.7 Å². The van der Waals surface area contributed by atoms with E-state index in [-0.39, 0.29) is 11.4 Å². The molecule has 0 fully saturated rings. The van der Waals surface area contributed by atoms with Crippen molar-refractivity contribution in [3.05, 3.63) is 69.3 Å². The summed E-state index contributed by atoms with van der Waals surface area (Å²) in [6, 6.07) is 11.0. The van der Waals surface area contributed by atoms with E-state index in [1.165, 1.54) is 12.1 Å². The molecule has 136 valence electrons. The van der Waals surface area contributed by atoms with Gasteiger partial charge in [-0.1, -0.05) is 30.3 Å². The largest absolute Gasteiger partial charge is 0.453 e. The third-order valence-corrected chi connectivity index (χ3v) is 3.77. The zero-order valence-corrected chi connectivity index (χ0v) is 14.3. The first-order valence-corrected chi connectivity index (χ1v) is 7.74. The predicted octanol–water partition coefficient (Wildman–Crippen LogP) is 2.43. The SMILES string of the molecule is Cc1cc(NC(=O)COC(=O)[C@@H](O)c2ccccc2)c([N+](=O)[O-])cc1C. The van der Waals surface area contributed by atoms with Crippen LogP contribution in [0.2, 0.25) is 0 Å². The van der Waals surface area contributed by atoms with Crippen LogP contribution < -0.4 is 5.32 Å². The number of anilines is 1. The fraction of sp³-hybridized carbons (Fsp3) is 0.222. The molecule has 0 aliphatic rings. The van der Waals surface area contributed by atoms with E-state index in [9.17, 15) is 24.8 Å². The average Bonchev–Trinajstić information content (AvgIpc) is 2.62. The first-order chi connectivity index (χ1) is 12.3. The minimum atomic E-state index is -1.51. The van der Waals surface area contributed by atoms with Gasteiger partial charge < -0.3 is 15.2 Å².